The summed E-state index contributed by atoms with van der Waals surface area (Å²) in [5.41, 5.74) is 0.929. The van der Waals surface area contributed by atoms with E-state index in [1.54, 1.807) is 0 Å². The zero-order chi connectivity index (χ0) is 12.3. The van der Waals surface area contributed by atoms with Gasteiger partial charge in [-0.3, -0.25) is 4.79 Å². The van der Waals surface area contributed by atoms with Gasteiger partial charge in [-0.1, -0.05) is 36.1 Å². The van der Waals surface area contributed by atoms with Crippen molar-refractivity contribution < 1.29 is 9.53 Å². The molecule has 5 heteroatoms. The molecule has 0 aromatic heterocycles. The SMILES string of the molecule is CCOc1cccc(/C=C2\SC(=S)NC2=O)c1. The number of carbonyl (C=O) groups is 1. The predicted molar refractivity (Wildman–Crippen MR) is 73.9 cm³/mol. The van der Waals surface area contributed by atoms with Gasteiger partial charge in [-0.05, 0) is 30.7 Å². The van der Waals surface area contributed by atoms with Crippen LogP contribution in [0.2, 0.25) is 0 Å². The van der Waals surface area contributed by atoms with E-state index in [1.165, 1.54) is 11.8 Å². The van der Waals surface area contributed by atoms with Gasteiger partial charge in [-0.25, -0.2) is 0 Å². The molecule has 2 rings (SSSR count). The van der Waals surface area contributed by atoms with E-state index in [-0.39, 0.29) is 5.91 Å². The third-order valence-electron chi connectivity index (χ3n) is 2.11. The summed E-state index contributed by atoms with van der Waals surface area (Å²) in [4.78, 5) is 12.1. The molecule has 0 unspecified atom stereocenters. The molecular weight excluding hydrogens is 254 g/mol. The van der Waals surface area contributed by atoms with Crippen molar-refractivity contribution in [1.82, 2.24) is 5.32 Å². The molecule has 0 radical (unpaired) electrons. The number of hydrogen-bond acceptors (Lipinski definition) is 4. The number of hydrogen-bond donors (Lipinski definition) is 1. The molecule has 17 heavy (non-hydrogen) atoms. The monoisotopic (exact) mass is 265 g/mol. The number of nitrogens with one attached hydrogen (secondary N) is 1. The Kier molecular flexibility index (Phi) is 3.81. The second-order valence-electron chi connectivity index (χ2n) is 3.36. The highest BCUT2D eigenvalue weighted by Gasteiger charge is 2.21. The number of rotatable bonds is 3. The summed E-state index contributed by atoms with van der Waals surface area (Å²) in [7, 11) is 0. The van der Waals surface area contributed by atoms with Gasteiger partial charge in [0.25, 0.3) is 5.91 Å². The lowest BCUT2D eigenvalue weighted by molar-refractivity contribution is -0.115. The smallest absolute Gasteiger partial charge is 0.263 e. The first-order chi connectivity index (χ1) is 8.19. The summed E-state index contributed by atoms with van der Waals surface area (Å²) >= 11 is 6.20. The molecule has 1 N–H and O–H groups in total. The van der Waals surface area contributed by atoms with Gasteiger partial charge >= 0.3 is 0 Å². The van der Waals surface area contributed by atoms with E-state index in [2.05, 4.69) is 5.32 Å². The number of benzene rings is 1. The average Bonchev–Trinajstić information content (AvgIpc) is 2.58. The highest BCUT2D eigenvalue weighted by atomic mass is 32.2. The maximum Gasteiger partial charge on any atom is 0.263 e. The highest BCUT2D eigenvalue weighted by Crippen LogP contribution is 2.26. The summed E-state index contributed by atoms with van der Waals surface area (Å²) in [5.74, 6) is 0.662. The van der Waals surface area contributed by atoms with Crippen LogP contribution < -0.4 is 10.1 Å². The van der Waals surface area contributed by atoms with E-state index in [0.29, 0.717) is 15.8 Å². The maximum atomic E-state index is 11.5. The van der Waals surface area contributed by atoms with E-state index < -0.39 is 0 Å². The van der Waals surface area contributed by atoms with Gasteiger partial charge < -0.3 is 10.1 Å². The number of thioether (sulfide) groups is 1. The normalized spacial score (nSPS) is 17.4. The number of amides is 1. The van der Waals surface area contributed by atoms with Crippen LogP contribution >= 0.6 is 24.0 Å². The van der Waals surface area contributed by atoms with Crippen molar-refractivity contribution in [3.05, 3.63) is 34.7 Å². The van der Waals surface area contributed by atoms with Gasteiger partial charge in [0.2, 0.25) is 0 Å². The summed E-state index contributed by atoms with van der Waals surface area (Å²) in [6, 6.07) is 7.60. The molecule has 0 aliphatic carbocycles. The molecular formula is C12H11NO2S2. The van der Waals surface area contributed by atoms with Crippen LogP contribution in [0.25, 0.3) is 6.08 Å². The van der Waals surface area contributed by atoms with E-state index >= 15 is 0 Å². The van der Waals surface area contributed by atoms with Gasteiger partial charge in [-0.15, -0.1) is 0 Å². The Labute approximate surface area is 109 Å². The Morgan fingerprint density at radius 1 is 1.53 bits per heavy atom. The van der Waals surface area contributed by atoms with Crippen LogP contribution in [0.1, 0.15) is 12.5 Å². The molecule has 1 fully saturated rings. The zero-order valence-electron chi connectivity index (χ0n) is 9.23. The van der Waals surface area contributed by atoms with Crippen molar-refractivity contribution >= 4 is 40.3 Å². The molecule has 0 atom stereocenters. The molecule has 1 aromatic carbocycles. The second-order valence-corrected chi connectivity index (χ2v) is 5.08. The molecule has 1 saturated heterocycles. The Balaban J connectivity index is 2.23. The molecule has 0 spiro atoms. The number of carbonyl (C=O) groups excluding carboxylic acids is 1. The van der Waals surface area contributed by atoms with Crippen molar-refractivity contribution in [1.29, 1.82) is 0 Å². The summed E-state index contributed by atoms with van der Waals surface area (Å²) in [6.45, 7) is 2.56. The van der Waals surface area contributed by atoms with Crippen LogP contribution in [0.3, 0.4) is 0 Å². The number of thiocarbonyl (C=S) groups is 1. The van der Waals surface area contributed by atoms with Crippen LogP contribution in [0.4, 0.5) is 0 Å². The predicted octanol–water partition coefficient (Wildman–Crippen LogP) is 2.57. The standard InChI is InChI=1S/C12H11NO2S2/c1-2-15-9-5-3-4-8(6-9)7-10-11(14)13-12(16)17-10/h3-7H,2H2,1H3,(H,13,14,16)/b10-7-. The second kappa shape index (κ2) is 5.33. The topological polar surface area (TPSA) is 38.3 Å². The Hall–Kier alpha value is -1.33. The number of ether oxygens (including phenoxy) is 1. The molecule has 0 saturated carbocycles. The third kappa shape index (κ3) is 3.08. The average molecular weight is 265 g/mol. The van der Waals surface area contributed by atoms with Gasteiger partial charge in [0.15, 0.2) is 0 Å². The minimum atomic E-state index is -0.137. The molecule has 1 aliphatic heterocycles. The third-order valence-corrected chi connectivity index (χ3v) is 3.27. The van der Waals surface area contributed by atoms with Gasteiger partial charge in [-0.2, -0.15) is 0 Å². The van der Waals surface area contributed by atoms with E-state index in [1.807, 2.05) is 37.3 Å². The first-order valence-electron chi connectivity index (χ1n) is 5.17. The summed E-state index contributed by atoms with van der Waals surface area (Å²) in [5, 5.41) is 2.58. The lowest BCUT2D eigenvalue weighted by Gasteiger charge is -2.03. The Bertz CT molecular complexity index is 497. The van der Waals surface area contributed by atoms with E-state index in [4.69, 9.17) is 17.0 Å². The fourth-order valence-corrected chi connectivity index (χ4v) is 2.48. The molecule has 1 amide bonds. The van der Waals surface area contributed by atoms with Gasteiger partial charge in [0.05, 0.1) is 11.5 Å². The van der Waals surface area contributed by atoms with E-state index in [9.17, 15) is 4.79 Å². The fourth-order valence-electron chi connectivity index (χ4n) is 1.43. The zero-order valence-corrected chi connectivity index (χ0v) is 10.9. The van der Waals surface area contributed by atoms with E-state index in [0.717, 1.165) is 11.3 Å². The van der Waals surface area contributed by atoms with Crippen molar-refractivity contribution in [3.63, 3.8) is 0 Å². The molecule has 88 valence electrons. The lowest BCUT2D eigenvalue weighted by Crippen LogP contribution is -2.17. The van der Waals surface area contributed by atoms with Crippen LogP contribution in [-0.4, -0.2) is 16.8 Å². The highest BCUT2D eigenvalue weighted by molar-refractivity contribution is 8.26. The van der Waals surface area contributed by atoms with Crippen molar-refractivity contribution in [3.8, 4) is 5.75 Å². The fraction of sp³-hybridized carbons (Fsp3) is 0.167. The van der Waals surface area contributed by atoms with Gasteiger partial charge in [0, 0.05) is 0 Å². The minimum Gasteiger partial charge on any atom is -0.494 e. The van der Waals surface area contributed by atoms with Crippen LogP contribution in [0, 0.1) is 0 Å². The summed E-state index contributed by atoms with van der Waals surface area (Å²) < 4.78 is 5.90. The summed E-state index contributed by atoms with van der Waals surface area (Å²) in [6.07, 6.45) is 1.81. The lowest BCUT2D eigenvalue weighted by atomic mass is 10.2. The molecule has 1 heterocycles. The van der Waals surface area contributed by atoms with Gasteiger partial charge in [0.1, 0.15) is 10.1 Å². The molecule has 1 aliphatic rings. The molecule has 0 bridgehead atoms. The largest absolute Gasteiger partial charge is 0.494 e. The Morgan fingerprint density at radius 3 is 3.00 bits per heavy atom. The molecule has 3 nitrogen and oxygen atoms in total. The van der Waals surface area contributed by atoms with Crippen LogP contribution in [0.5, 0.6) is 5.75 Å². The van der Waals surface area contributed by atoms with Crippen molar-refractivity contribution in [2.75, 3.05) is 6.61 Å². The molecule has 1 aromatic rings. The maximum absolute atomic E-state index is 11.5. The van der Waals surface area contributed by atoms with Crippen molar-refractivity contribution in [2.45, 2.75) is 6.92 Å². The minimum absolute atomic E-state index is 0.137. The first-order valence-corrected chi connectivity index (χ1v) is 6.39. The van der Waals surface area contributed by atoms with Crippen molar-refractivity contribution in [2.24, 2.45) is 0 Å². The first kappa shape index (κ1) is 12.1. The Morgan fingerprint density at radius 2 is 2.35 bits per heavy atom. The quantitative estimate of drug-likeness (QED) is 0.673. The van der Waals surface area contributed by atoms with Crippen LogP contribution in [0.15, 0.2) is 29.2 Å². The van der Waals surface area contributed by atoms with Crippen LogP contribution in [-0.2, 0) is 4.79 Å².